The van der Waals surface area contributed by atoms with E-state index in [0.717, 1.165) is 0 Å². The van der Waals surface area contributed by atoms with Crippen LogP contribution in [0.5, 0.6) is 0 Å². The lowest BCUT2D eigenvalue weighted by Gasteiger charge is -2.37. The summed E-state index contributed by atoms with van der Waals surface area (Å²) in [6, 6.07) is 62.5. The van der Waals surface area contributed by atoms with E-state index >= 15 is 0 Å². The minimum Gasteiger partial charge on any atom is -0.309 e. The molecular weight excluding hydrogens is 544 g/mol. The first-order valence-corrected chi connectivity index (χ1v) is 15.6. The van der Waals surface area contributed by atoms with Crippen molar-refractivity contribution in [2.45, 2.75) is 5.41 Å². The molecule has 0 amide bonds. The zero-order valence-electron chi connectivity index (χ0n) is 24.6. The Bertz CT molecular complexity index is 2370. The number of hydrogen-bond acceptors (Lipinski definition) is 0. The van der Waals surface area contributed by atoms with E-state index in [-0.39, 0.29) is 0 Å². The fourth-order valence-electron chi connectivity index (χ4n) is 8.34. The van der Waals surface area contributed by atoms with Crippen molar-refractivity contribution in [2.24, 2.45) is 0 Å². The first kappa shape index (κ1) is 24.6. The first-order chi connectivity index (χ1) is 22.4. The second kappa shape index (κ2) is 9.07. The van der Waals surface area contributed by atoms with Gasteiger partial charge in [-0.25, -0.2) is 0 Å². The Balaban J connectivity index is 1.55. The Labute approximate surface area is 261 Å². The highest BCUT2D eigenvalue weighted by Crippen LogP contribution is 2.56. The van der Waals surface area contributed by atoms with Crippen molar-refractivity contribution >= 4 is 43.6 Å². The summed E-state index contributed by atoms with van der Waals surface area (Å²) in [4.78, 5) is 0. The molecule has 10 rings (SSSR count). The molecule has 1 aliphatic rings. The van der Waals surface area contributed by atoms with Crippen molar-refractivity contribution < 1.29 is 0 Å². The predicted molar refractivity (Wildman–Crippen MR) is 187 cm³/mol. The standard InChI is InChI=1S/C43H28N2/c1-5-15-29(16-6-1)43(30-17-7-2-8-18-30)33-23-13-25-35-39(33)41-37(44(35)31-19-9-3-10-20-31)27-28-38-42(41)40-34(43)24-14-26-36(40)45(38)32-21-11-4-12-22-32/h1-28H. The summed E-state index contributed by atoms with van der Waals surface area (Å²) in [5.74, 6) is 0. The molecular formula is C43H28N2. The molecule has 210 valence electrons. The molecule has 0 spiro atoms. The minimum atomic E-state index is -0.549. The van der Waals surface area contributed by atoms with E-state index in [0.29, 0.717) is 0 Å². The highest BCUT2D eigenvalue weighted by atomic mass is 15.0. The van der Waals surface area contributed by atoms with E-state index in [2.05, 4.69) is 179 Å². The van der Waals surface area contributed by atoms with Crippen LogP contribution in [0.1, 0.15) is 22.3 Å². The minimum absolute atomic E-state index is 0.549. The van der Waals surface area contributed by atoms with Gasteiger partial charge in [-0.15, -0.1) is 0 Å². The summed E-state index contributed by atoms with van der Waals surface area (Å²) >= 11 is 0. The van der Waals surface area contributed by atoms with E-state index in [1.54, 1.807) is 0 Å². The van der Waals surface area contributed by atoms with E-state index in [9.17, 15) is 0 Å². The molecule has 0 saturated carbocycles. The van der Waals surface area contributed by atoms with Crippen molar-refractivity contribution in [3.05, 3.63) is 192 Å². The molecule has 0 fully saturated rings. The Hall–Kier alpha value is -5.86. The van der Waals surface area contributed by atoms with Crippen molar-refractivity contribution in [3.8, 4) is 11.4 Å². The molecule has 45 heavy (non-hydrogen) atoms. The molecule has 7 aromatic carbocycles. The van der Waals surface area contributed by atoms with E-state index in [1.165, 1.54) is 77.2 Å². The third kappa shape index (κ3) is 3.08. The quantitative estimate of drug-likeness (QED) is 0.199. The van der Waals surface area contributed by atoms with Crippen LogP contribution in [0.25, 0.3) is 55.0 Å². The maximum atomic E-state index is 2.47. The van der Waals surface area contributed by atoms with E-state index < -0.39 is 5.41 Å². The van der Waals surface area contributed by atoms with Crippen LogP contribution in [0.15, 0.2) is 170 Å². The van der Waals surface area contributed by atoms with Gasteiger partial charge in [0.1, 0.15) is 0 Å². The number of hydrogen-bond donors (Lipinski definition) is 0. The lowest BCUT2D eigenvalue weighted by molar-refractivity contribution is 0.761. The number of rotatable bonds is 4. The summed E-state index contributed by atoms with van der Waals surface area (Å²) in [7, 11) is 0. The number of nitrogens with zero attached hydrogens (tertiary/aromatic N) is 2. The van der Waals surface area contributed by atoms with Gasteiger partial charge in [-0.05, 0) is 70.8 Å². The van der Waals surface area contributed by atoms with Gasteiger partial charge in [-0.1, -0.05) is 121 Å². The third-order valence-corrected chi connectivity index (χ3v) is 9.96. The van der Waals surface area contributed by atoms with Crippen LogP contribution in [-0.2, 0) is 5.41 Å². The summed E-state index contributed by atoms with van der Waals surface area (Å²) in [5, 5.41) is 5.28. The number of para-hydroxylation sites is 2. The van der Waals surface area contributed by atoms with Crippen LogP contribution in [-0.4, -0.2) is 9.13 Å². The van der Waals surface area contributed by atoms with Crippen molar-refractivity contribution in [1.82, 2.24) is 9.13 Å². The third-order valence-electron chi connectivity index (χ3n) is 9.96. The van der Waals surface area contributed by atoms with Gasteiger partial charge in [0.25, 0.3) is 0 Å². The zero-order valence-corrected chi connectivity index (χ0v) is 24.6. The van der Waals surface area contributed by atoms with Crippen LogP contribution in [0, 0.1) is 0 Å². The van der Waals surface area contributed by atoms with E-state index in [1.807, 2.05) is 0 Å². The van der Waals surface area contributed by atoms with Gasteiger partial charge in [-0.3, -0.25) is 0 Å². The molecule has 0 atom stereocenters. The topological polar surface area (TPSA) is 9.86 Å². The normalized spacial score (nSPS) is 13.5. The Morgan fingerprint density at radius 2 is 0.644 bits per heavy atom. The van der Waals surface area contributed by atoms with Gasteiger partial charge in [-0.2, -0.15) is 0 Å². The Morgan fingerprint density at radius 1 is 0.289 bits per heavy atom. The lowest BCUT2D eigenvalue weighted by atomic mass is 9.64. The summed E-state index contributed by atoms with van der Waals surface area (Å²) in [6.07, 6.45) is 0. The Kier molecular flexibility index (Phi) is 4.95. The largest absolute Gasteiger partial charge is 0.309 e. The zero-order chi connectivity index (χ0) is 29.5. The summed E-state index contributed by atoms with van der Waals surface area (Å²) in [5.41, 5.74) is 11.9. The lowest BCUT2D eigenvalue weighted by Crippen LogP contribution is -2.31. The summed E-state index contributed by atoms with van der Waals surface area (Å²) in [6.45, 7) is 0. The Morgan fingerprint density at radius 3 is 1.04 bits per heavy atom. The van der Waals surface area contributed by atoms with Gasteiger partial charge in [0, 0.05) is 32.9 Å². The van der Waals surface area contributed by atoms with Crippen molar-refractivity contribution in [3.63, 3.8) is 0 Å². The van der Waals surface area contributed by atoms with Crippen LogP contribution in [0.2, 0.25) is 0 Å². The molecule has 0 saturated heterocycles. The molecule has 9 aromatic rings. The molecule has 0 radical (unpaired) electrons. The van der Waals surface area contributed by atoms with Crippen LogP contribution < -0.4 is 0 Å². The van der Waals surface area contributed by atoms with Crippen LogP contribution in [0.3, 0.4) is 0 Å². The average molecular weight is 573 g/mol. The molecule has 2 nitrogen and oxygen atoms in total. The van der Waals surface area contributed by atoms with Gasteiger partial charge in [0.2, 0.25) is 0 Å². The van der Waals surface area contributed by atoms with Gasteiger partial charge in [0.15, 0.2) is 0 Å². The molecule has 0 aliphatic heterocycles. The molecule has 2 aromatic heterocycles. The number of benzene rings is 7. The molecule has 0 unspecified atom stereocenters. The fourth-order valence-corrected chi connectivity index (χ4v) is 8.34. The van der Waals surface area contributed by atoms with Crippen molar-refractivity contribution in [2.75, 3.05) is 0 Å². The monoisotopic (exact) mass is 572 g/mol. The van der Waals surface area contributed by atoms with Crippen LogP contribution in [0.4, 0.5) is 0 Å². The number of aromatic nitrogens is 2. The van der Waals surface area contributed by atoms with Gasteiger partial charge >= 0.3 is 0 Å². The first-order valence-electron chi connectivity index (χ1n) is 15.6. The molecule has 1 aliphatic carbocycles. The average Bonchev–Trinajstić information content (AvgIpc) is 3.60. The predicted octanol–water partition coefficient (Wildman–Crippen LogP) is 10.6. The maximum absolute atomic E-state index is 2.47. The highest BCUT2D eigenvalue weighted by molar-refractivity contribution is 6.31. The summed E-state index contributed by atoms with van der Waals surface area (Å²) < 4.78 is 4.93. The van der Waals surface area contributed by atoms with Gasteiger partial charge < -0.3 is 9.13 Å². The second-order valence-corrected chi connectivity index (χ2v) is 12.1. The second-order valence-electron chi connectivity index (χ2n) is 12.1. The smallest absolute Gasteiger partial charge is 0.0715 e. The molecule has 2 heterocycles. The highest BCUT2D eigenvalue weighted by Gasteiger charge is 2.44. The molecule has 0 bridgehead atoms. The maximum Gasteiger partial charge on any atom is 0.0715 e. The van der Waals surface area contributed by atoms with E-state index in [4.69, 9.17) is 0 Å². The van der Waals surface area contributed by atoms with Crippen LogP contribution >= 0.6 is 0 Å². The van der Waals surface area contributed by atoms with Crippen molar-refractivity contribution in [1.29, 1.82) is 0 Å². The molecule has 2 heteroatoms. The fraction of sp³-hybridized carbons (Fsp3) is 0.0233. The molecule has 0 N–H and O–H groups in total. The van der Waals surface area contributed by atoms with Gasteiger partial charge in [0.05, 0.1) is 27.5 Å². The SMILES string of the molecule is c1ccc(-n2c3cccc4c3c3c5c6c(cccc6n(-c6ccccc6)c5ccc32)C4(c2ccccc2)c2ccccc2)cc1.